The second-order valence-electron chi connectivity index (χ2n) is 5.23. The summed E-state index contributed by atoms with van der Waals surface area (Å²) in [6.45, 7) is 7.48. The third kappa shape index (κ3) is 6.95. The molecule has 23 heavy (non-hydrogen) atoms. The summed E-state index contributed by atoms with van der Waals surface area (Å²) in [5.41, 5.74) is 2.46. The van der Waals surface area contributed by atoms with E-state index in [0.29, 0.717) is 0 Å². The molecule has 0 aliphatic rings. The summed E-state index contributed by atoms with van der Waals surface area (Å²) in [6, 6.07) is 9.12. The molecule has 0 heterocycles. The van der Waals surface area contributed by atoms with Gasteiger partial charge in [0.25, 0.3) is 0 Å². The van der Waals surface area contributed by atoms with Crippen molar-refractivity contribution in [2.24, 2.45) is 0 Å². The smallest absolute Gasteiger partial charge is 0.377 e. The molecule has 0 fully saturated rings. The fraction of sp³-hybridized carbons (Fsp3) is 0.529. The minimum atomic E-state index is -2.41. The zero-order valence-electron chi connectivity index (χ0n) is 14.6. The number of hydrogen-bond donors (Lipinski definition) is 2. The Morgan fingerprint density at radius 3 is 2.30 bits per heavy atom. The number of rotatable bonds is 13. The topological polar surface area (TPSA) is 51.8 Å². The highest BCUT2D eigenvalue weighted by Gasteiger charge is 2.36. The summed E-state index contributed by atoms with van der Waals surface area (Å²) in [5, 5.41) is 6.86. The van der Waals surface area contributed by atoms with Gasteiger partial charge in [-0.3, -0.25) is 0 Å². The van der Waals surface area contributed by atoms with Crippen LogP contribution in [-0.2, 0) is 19.8 Å². The predicted molar refractivity (Wildman–Crippen MR) is 97.3 cm³/mol. The van der Waals surface area contributed by atoms with Crippen LogP contribution in [0.3, 0.4) is 0 Å². The highest BCUT2D eigenvalue weighted by molar-refractivity contribution is 6.60. The molecule has 6 heteroatoms. The minimum absolute atomic E-state index is 0.823. The van der Waals surface area contributed by atoms with Gasteiger partial charge in [-0.2, -0.15) is 0 Å². The van der Waals surface area contributed by atoms with Gasteiger partial charge in [0.15, 0.2) is 0 Å². The van der Waals surface area contributed by atoms with Crippen LogP contribution in [-0.4, -0.2) is 49.8 Å². The van der Waals surface area contributed by atoms with Gasteiger partial charge in [0.1, 0.15) is 0 Å². The van der Waals surface area contributed by atoms with Crippen LogP contribution in [0.1, 0.15) is 17.5 Å². The van der Waals surface area contributed by atoms with Crippen molar-refractivity contribution in [3.8, 4) is 0 Å². The Morgan fingerprint density at radius 1 is 1.00 bits per heavy atom. The van der Waals surface area contributed by atoms with E-state index in [0.717, 1.165) is 38.6 Å². The summed E-state index contributed by atoms with van der Waals surface area (Å²) >= 11 is 0. The van der Waals surface area contributed by atoms with E-state index in [-0.39, 0.29) is 0 Å². The average Bonchev–Trinajstić information content (AvgIpc) is 2.61. The van der Waals surface area contributed by atoms with Gasteiger partial charge in [-0.05, 0) is 24.1 Å². The van der Waals surface area contributed by atoms with Crippen LogP contribution in [0.4, 0.5) is 0 Å². The van der Waals surface area contributed by atoms with Gasteiger partial charge in [-0.25, -0.2) is 0 Å². The van der Waals surface area contributed by atoms with Gasteiger partial charge in [-0.1, -0.05) is 36.9 Å². The molecule has 5 nitrogen and oxygen atoms in total. The molecule has 2 N–H and O–H groups in total. The first-order valence-electron chi connectivity index (χ1n) is 7.98. The Morgan fingerprint density at radius 2 is 1.65 bits per heavy atom. The third-order valence-electron chi connectivity index (χ3n) is 3.84. The summed E-state index contributed by atoms with van der Waals surface area (Å²) in [6.07, 6.45) is 2.87. The molecule has 1 rings (SSSR count). The predicted octanol–water partition coefficient (Wildman–Crippen LogP) is 2.28. The van der Waals surface area contributed by atoms with Crippen LogP contribution in [0.15, 0.2) is 30.8 Å². The zero-order valence-corrected chi connectivity index (χ0v) is 15.6. The van der Waals surface area contributed by atoms with Crippen molar-refractivity contribution < 1.29 is 13.3 Å². The first kappa shape index (κ1) is 20.0. The van der Waals surface area contributed by atoms with E-state index < -0.39 is 8.80 Å². The van der Waals surface area contributed by atoms with Crippen molar-refractivity contribution in [3.63, 3.8) is 0 Å². The SMILES string of the molecule is C=Cc1ccccc1CNCCNCCC[Si](OC)(OC)OC. The number of benzene rings is 1. The van der Waals surface area contributed by atoms with E-state index in [9.17, 15) is 0 Å². The van der Waals surface area contributed by atoms with Gasteiger partial charge in [-0.15, -0.1) is 0 Å². The maximum absolute atomic E-state index is 5.40. The first-order chi connectivity index (χ1) is 11.2. The second kappa shape index (κ2) is 11.5. The highest BCUT2D eigenvalue weighted by atomic mass is 28.4. The Labute approximate surface area is 141 Å². The molecule has 0 amide bonds. The largest absolute Gasteiger partial charge is 0.500 e. The van der Waals surface area contributed by atoms with Crippen LogP contribution in [0.2, 0.25) is 6.04 Å². The van der Waals surface area contributed by atoms with Gasteiger partial charge in [0.2, 0.25) is 0 Å². The molecule has 0 aliphatic heterocycles. The first-order valence-corrected chi connectivity index (χ1v) is 9.91. The van der Waals surface area contributed by atoms with Crippen molar-refractivity contribution >= 4 is 14.9 Å². The van der Waals surface area contributed by atoms with Crippen molar-refractivity contribution in [1.29, 1.82) is 0 Å². The van der Waals surface area contributed by atoms with Gasteiger partial charge >= 0.3 is 8.80 Å². The Balaban J connectivity index is 2.11. The lowest BCUT2D eigenvalue weighted by Gasteiger charge is -2.24. The van der Waals surface area contributed by atoms with Crippen LogP contribution in [0, 0.1) is 0 Å². The molecule has 0 saturated heterocycles. The van der Waals surface area contributed by atoms with Crippen LogP contribution >= 0.6 is 0 Å². The maximum atomic E-state index is 5.40. The van der Waals surface area contributed by atoms with Crippen LogP contribution in [0.25, 0.3) is 6.08 Å². The Bertz CT molecular complexity index is 445. The van der Waals surface area contributed by atoms with E-state index in [2.05, 4.69) is 35.4 Å². The second-order valence-corrected chi connectivity index (χ2v) is 8.32. The lowest BCUT2D eigenvalue weighted by molar-refractivity contribution is 0.123. The van der Waals surface area contributed by atoms with Crippen LogP contribution < -0.4 is 10.6 Å². The van der Waals surface area contributed by atoms with Gasteiger partial charge < -0.3 is 23.9 Å². The van der Waals surface area contributed by atoms with E-state index in [1.54, 1.807) is 21.3 Å². The van der Waals surface area contributed by atoms with E-state index in [1.165, 1.54) is 11.1 Å². The zero-order chi connectivity index (χ0) is 17.0. The molecule has 0 aliphatic carbocycles. The van der Waals surface area contributed by atoms with Crippen molar-refractivity contribution in [1.82, 2.24) is 10.6 Å². The maximum Gasteiger partial charge on any atom is 0.500 e. The van der Waals surface area contributed by atoms with E-state index in [1.807, 2.05) is 12.1 Å². The standard InChI is InChI=1S/C17H30N2O3Si/c1-5-16-9-6-7-10-17(16)15-19-13-12-18-11-8-14-23(20-2,21-3)22-4/h5-7,9-10,18-19H,1,8,11-15H2,2-4H3. The molecule has 1 aromatic rings. The summed E-state index contributed by atoms with van der Waals surface area (Å²) in [4.78, 5) is 0. The molecule has 0 bridgehead atoms. The number of nitrogens with one attached hydrogen (secondary N) is 2. The minimum Gasteiger partial charge on any atom is -0.377 e. The van der Waals surface area contributed by atoms with Crippen molar-refractivity contribution in [2.45, 2.75) is 19.0 Å². The molecule has 130 valence electrons. The molecule has 0 atom stereocenters. The molecule has 0 radical (unpaired) electrons. The quantitative estimate of drug-likeness (QED) is 0.427. The lowest BCUT2D eigenvalue weighted by atomic mass is 10.1. The fourth-order valence-electron chi connectivity index (χ4n) is 2.41. The molecule has 1 aromatic carbocycles. The molecular formula is C17H30N2O3Si. The summed E-state index contributed by atoms with van der Waals surface area (Å²) in [5.74, 6) is 0. The van der Waals surface area contributed by atoms with Crippen molar-refractivity contribution in [2.75, 3.05) is 41.0 Å². The summed E-state index contributed by atoms with van der Waals surface area (Å²) in [7, 11) is 2.54. The molecular weight excluding hydrogens is 308 g/mol. The molecule has 0 aromatic heterocycles. The molecule has 0 saturated carbocycles. The summed E-state index contributed by atoms with van der Waals surface area (Å²) < 4.78 is 16.2. The Hall–Kier alpha value is -1.02. The van der Waals surface area contributed by atoms with E-state index in [4.69, 9.17) is 13.3 Å². The van der Waals surface area contributed by atoms with Crippen molar-refractivity contribution in [3.05, 3.63) is 42.0 Å². The number of hydrogen-bond acceptors (Lipinski definition) is 5. The Kier molecular flexibility index (Phi) is 10.0. The monoisotopic (exact) mass is 338 g/mol. The van der Waals surface area contributed by atoms with Gasteiger partial charge in [0.05, 0.1) is 0 Å². The normalized spacial score (nSPS) is 11.6. The van der Waals surface area contributed by atoms with Crippen LogP contribution in [0.5, 0.6) is 0 Å². The molecule has 0 spiro atoms. The third-order valence-corrected chi connectivity index (χ3v) is 6.67. The van der Waals surface area contributed by atoms with E-state index >= 15 is 0 Å². The average molecular weight is 339 g/mol. The highest BCUT2D eigenvalue weighted by Crippen LogP contribution is 2.14. The molecule has 0 unspecified atom stereocenters. The van der Waals surface area contributed by atoms with Gasteiger partial charge in [0, 0.05) is 47.0 Å². The lowest BCUT2D eigenvalue weighted by Crippen LogP contribution is -2.43. The fourth-order valence-corrected chi connectivity index (χ4v) is 4.13.